The highest BCUT2D eigenvalue weighted by Gasteiger charge is 2.21. The van der Waals surface area contributed by atoms with Crippen molar-refractivity contribution in [3.05, 3.63) is 16.5 Å². The minimum Gasteiger partial charge on any atom is -0.310 e. The maximum absolute atomic E-state index is 12.3. The molecule has 1 aromatic heterocycles. The van der Waals surface area contributed by atoms with Gasteiger partial charge in [-0.2, -0.15) is 0 Å². The molecule has 0 spiro atoms. The minimum absolute atomic E-state index is 0.0681. The van der Waals surface area contributed by atoms with Crippen molar-refractivity contribution in [2.45, 2.75) is 58.3 Å². The summed E-state index contributed by atoms with van der Waals surface area (Å²) in [5.41, 5.74) is 0.959. The Morgan fingerprint density at radius 1 is 1.30 bits per heavy atom. The van der Waals surface area contributed by atoms with Crippen LogP contribution in [0.3, 0.4) is 0 Å². The summed E-state index contributed by atoms with van der Waals surface area (Å²) >= 11 is 1.35. The monoisotopic (exact) mass is 318 g/mol. The van der Waals surface area contributed by atoms with Gasteiger partial charge in [0.05, 0.1) is 0 Å². The molecule has 0 aromatic carbocycles. The lowest BCUT2D eigenvalue weighted by Gasteiger charge is -2.18. The van der Waals surface area contributed by atoms with Crippen LogP contribution in [0.2, 0.25) is 0 Å². The summed E-state index contributed by atoms with van der Waals surface area (Å²) in [5, 5.41) is 3.32. The van der Waals surface area contributed by atoms with E-state index in [0.29, 0.717) is 23.3 Å². The van der Waals surface area contributed by atoms with Gasteiger partial charge in [-0.25, -0.2) is 13.1 Å². The molecule has 20 heavy (non-hydrogen) atoms. The molecular formula is C14H26N2O2S2. The molecule has 0 fully saturated rings. The first-order chi connectivity index (χ1) is 9.01. The van der Waals surface area contributed by atoms with E-state index in [9.17, 15) is 8.42 Å². The number of hydrogen-bond donors (Lipinski definition) is 2. The van der Waals surface area contributed by atoms with Gasteiger partial charge < -0.3 is 5.32 Å². The lowest BCUT2D eigenvalue weighted by molar-refractivity contribution is 0.408. The zero-order valence-electron chi connectivity index (χ0n) is 13.2. The molecule has 4 nitrogen and oxygen atoms in total. The summed E-state index contributed by atoms with van der Waals surface area (Å²) in [4.78, 5) is 1.08. The van der Waals surface area contributed by atoms with Crippen molar-refractivity contribution in [3.63, 3.8) is 0 Å². The molecule has 6 heteroatoms. The first-order valence-electron chi connectivity index (χ1n) is 6.83. The van der Waals surface area contributed by atoms with Crippen molar-refractivity contribution in [3.8, 4) is 0 Å². The maximum Gasteiger partial charge on any atom is 0.250 e. The number of rotatable bonds is 6. The lowest BCUT2D eigenvalue weighted by atomic mass is 9.98. The van der Waals surface area contributed by atoms with Crippen molar-refractivity contribution in [2.75, 3.05) is 6.54 Å². The molecule has 0 aliphatic heterocycles. The molecule has 2 N–H and O–H groups in total. The minimum atomic E-state index is -3.39. The van der Waals surface area contributed by atoms with Crippen molar-refractivity contribution in [2.24, 2.45) is 5.41 Å². The molecule has 0 radical (unpaired) electrons. The Kier molecular flexibility index (Phi) is 5.78. The third-order valence-corrected chi connectivity index (χ3v) is 5.84. The molecule has 0 bridgehead atoms. The normalized spacial score (nSPS) is 13.2. The molecule has 116 valence electrons. The van der Waals surface area contributed by atoms with Crippen molar-refractivity contribution in [1.82, 2.24) is 10.0 Å². The van der Waals surface area contributed by atoms with Gasteiger partial charge in [0.2, 0.25) is 10.0 Å². The van der Waals surface area contributed by atoms with E-state index in [1.807, 2.05) is 27.7 Å². The van der Waals surface area contributed by atoms with Gasteiger partial charge in [0.1, 0.15) is 4.21 Å². The Labute approximate surface area is 127 Å². The van der Waals surface area contributed by atoms with Gasteiger partial charge >= 0.3 is 0 Å². The predicted octanol–water partition coefficient (Wildman–Crippen LogP) is 2.88. The fourth-order valence-electron chi connectivity index (χ4n) is 1.48. The molecule has 1 aromatic rings. The van der Waals surface area contributed by atoms with Crippen LogP contribution in [0, 0.1) is 12.3 Å². The van der Waals surface area contributed by atoms with Gasteiger partial charge in [-0.1, -0.05) is 34.6 Å². The van der Waals surface area contributed by atoms with E-state index >= 15 is 0 Å². The average Bonchev–Trinajstić information content (AvgIpc) is 2.65. The van der Waals surface area contributed by atoms with E-state index in [1.165, 1.54) is 11.3 Å². The maximum atomic E-state index is 12.3. The Hall–Kier alpha value is -0.430. The molecule has 0 amide bonds. The molecule has 0 saturated carbocycles. The SMILES string of the molecule is Cc1cc(S(=O)(=O)NCC(C)(C)C)sc1CNC(C)C. The fraction of sp³-hybridized carbons (Fsp3) is 0.714. The van der Waals surface area contributed by atoms with E-state index in [1.54, 1.807) is 6.07 Å². The van der Waals surface area contributed by atoms with Gasteiger partial charge in [-0.05, 0) is 24.0 Å². The molecule has 0 unspecified atom stereocenters. The van der Waals surface area contributed by atoms with Crippen LogP contribution < -0.4 is 10.0 Å². The molecule has 1 rings (SSSR count). The van der Waals surface area contributed by atoms with Gasteiger partial charge in [0, 0.05) is 24.0 Å². The summed E-state index contributed by atoms with van der Waals surface area (Å²) in [6, 6.07) is 2.14. The highest BCUT2D eigenvalue weighted by Crippen LogP contribution is 2.26. The number of sulfonamides is 1. The van der Waals surface area contributed by atoms with Gasteiger partial charge in [-0.15, -0.1) is 11.3 Å². The van der Waals surface area contributed by atoms with E-state index in [2.05, 4.69) is 23.9 Å². The number of nitrogens with one attached hydrogen (secondary N) is 2. The average molecular weight is 319 g/mol. The number of thiophene rings is 1. The lowest BCUT2D eigenvalue weighted by Crippen LogP contribution is -2.31. The van der Waals surface area contributed by atoms with E-state index in [-0.39, 0.29) is 5.41 Å². The quantitative estimate of drug-likeness (QED) is 0.848. The van der Waals surface area contributed by atoms with E-state index < -0.39 is 10.0 Å². The Morgan fingerprint density at radius 3 is 2.40 bits per heavy atom. The Bertz CT molecular complexity index is 540. The summed E-state index contributed by atoms with van der Waals surface area (Å²) in [6.07, 6.45) is 0. The Balaban J connectivity index is 2.83. The van der Waals surface area contributed by atoms with Crippen LogP contribution in [0.15, 0.2) is 10.3 Å². The highest BCUT2D eigenvalue weighted by molar-refractivity contribution is 7.91. The zero-order valence-corrected chi connectivity index (χ0v) is 14.8. The highest BCUT2D eigenvalue weighted by atomic mass is 32.2. The van der Waals surface area contributed by atoms with Crippen LogP contribution in [0.25, 0.3) is 0 Å². The summed E-state index contributed by atoms with van der Waals surface area (Å²) in [6.45, 7) is 13.3. The Morgan fingerprint density at radius 2 is 1.90 bits per heavy atom. The molecule has 1 heterocycles. The summed E-state index contributed by atoms with van der Waals surface area (Å²) < 4.78 is 27.6. The van der Waals surface area contributed by atoms with Gasteiger partial charge in [-0.3, -0.25) is 0 Å². The second kappa shape index (κ2) is 6.56. The molecule has 0 aliphatic rings. The first kappa shape index (κ1) is 17.6. The zero-order chi connectivity index (χ0) is 15.6. The first-order valence-corrected chi connectivity index (χ1v) is 9.13. The number of hydrogen-bond acceptors (Lipinski definition) is 4. The van der Waals surface area contributed by atoms with E-state index in [4.69, 9.17) is 0 Å². The van der Waals surface area contributed by atoms with Gasteiger partial charge in [0.25, 0.3) is 0 Å². The topological polar surface area (TPSA) is 58.2 Å². The summed E-state index contributed by atoms with van der Waals surface area (Å²) in [5.74, 6) is 0. The smallest absolute Gasteiger partial charge is 0.250 e. The molecule has 0 aliphatic carbocycles. The van der Waals surface area contributed by atoms with Crippen LogP contribution >= 0.6 is 11.3 Å². The second-order valence-corrected chi connectivity index (χ2v) is 9.72. The second-order valence-electron chi connectivity index (χ2n) is 6.59. The van der Waals surface area contributed by atoms with Crippen molar-refractivity contribution >= 4 is 21.4 Å². The van der Waals surface area contributed by atoms with Gasteiger partial charge in [0.15, 0.2) is 0 Å². The van der Waals surface area contributed by atoms with Crippen LogP contribution in [-0.4, -0.2) is 21.0 Å². The summed E-state index contributed by atoms with van der Waals surface area (Å²) in [7, 11) is -3.39. The third-order valence-electron chi connectivity index (χ3n) is 2.73. The predicted molar refractivity (Wildman–Crippen MR) is 85.7 cm³/mol. The van der Waals surface area contributed by atoms with Crippen LogP contribution in [0.4, 0.5) is 0 Å². The molecule has 0 saturated heterocycles. The van der Waals surface area contributed by atoms with Crippen molar-refractivity contribution in [1.29, 1.82) is 0 Å². The third kappa shape index (κ3) is 5.52. The molecule has 0 atom stereocenters. The van der Waals surface area contributed by atoms with Crippen LogP contribution in [0.5, 0.6) is 0 Å². The standard InChI is InChI=1S/C14H26N2O2S2/c1-10(2)15-8-12-11(3)7-13(19-12)20(17,18)16-9-14(4,5)6/h7,10,15-16H,8-9H2,1-6H3. The van der Waals surface area contributed by atoms with E-state index in [0.717, 1.165) is 10.4 Å². The fourth-order valence-corrected chi connectivity index (χ4v) is 4.34. The largest absolute Gasteiger partial charge is 0.310 e. The molecular weight excluding hydrogens is 292 g/mol. The van der Waals surface area contributed by atoms with Crippen LogP contribution in [-0.2, 0) is 16.6 Å². The van der Waals surface area contributed by atoms with Crippen LogP contribution in [0.1, 0.15) is 45.1 Å². The number of aryl methyl sites for hydroxylation is 1. The van der Waals surface area contributed by atoms with Crippen molar-refractivity contribution < 1.29 is 8.42 Å².